The molecular formula is C12H20N4O4S. The van der Waals surface area contributed by atoms with Crippen molar-refractivity contribution in [1.82, 2.24) is 9.71 Å². The molecule has 0 atom stereocenters. The number of nitrogens with zero attached hydrogens (tertiary/aromatic N) is 1. The number of nitrogens with one attached hydrogen (secondary N) is 2. The first-order valence-electron chi connectivity index (χ1n) is 6.51. The summed E-state index contributed by atoms with van der Waals surface area (Å²) in [7, 11) is -3.63. The fourth-order valence-electron chi connectivity index (χ4n) is 1.43. The SMILES string of the molecule is CCCNc1cc(S(=O)(=O)NCCOCC(N)=O)ccn1. The van der Waals surface area contributed by atoms with Crippen molar-refractivity contribution in [2.45, 2.75) is 18.2 Å². The summed E-state index contributed by atoms with van der Waals surface area (Å²) >= 11 is 0. The zero-order valence-corrected chi connectivity index (χ0v) is 12.6. The van der Waals surface area contributed by atoms with Crippen LogP contribution in [0.2, 0.25) is 0 Å². The standard InChI is InChI=1S/C12H20N4O4S/c1-2-4-14-12-8-10(3-5-15-12)21(18,19)16-6-7-20-9-11(13)17/h3,5,8,16H,2,4,6-7,9H2,1H3,(H2,13,17)(H,14,15). The Hall–Kier alpha value is -1.71. The van der Waals surface area contributed by atoms with Gasteiger partial charge in [0.25, 0.3) is 0 Å². The lowest BCUT2D eigenvalue weighted by molar-refractivity contribution is -0.122. The molecular weight excluding hydrogens is 296 g/mol. The molecule has 9 heteroatoms. The highest BCUT2D eigenvalue weighted by atomic mass is 32.2. The van der Waals surface area contributed by atoms with Crippen molar-refractivity contribution in [3.8, 4) is 0 Å². The van der Waals surface area contributed by atoms with Gasteiger partial charge < -0.3 is 15.8 Å². The van der Waals surface area contributed by atoms with Gasteiger partial charge in [-0.3, -0.25) is 4.79 Å². The van der Waals surface area contributed by atoms with Gasteiger partial charge in [0, 0.05) is 25.4 Å². The number of ether oxygens (including phenoxy) is 1. The molecule has 21 heavy (non-hydrogen) atoms. The fraction of sp³-hybridized carbons (Fsp3) is 0.500. The average molecular weight is 316 g/mol. The number of pyridine rings is 1. The van der Waals surface area contributed by atoms with Crippen molar-refractivity contribution < 1.29 is 17.9 Å². The van der Waals surface area contributed by atoms with Gasteiger partial charge in [-0.25, -0.2) is 18.1 Å². The smallest absolute Gasteiger partial charge is 0.243 e. The molecule has 0 radical (unpaired) electrons. The summed E-state index contributed by atoms with van der Waals surface area (Å²) < 4.78 is 31.3. The number of aromatic nitrogens is 1. The molecule has 0 aliphatic carbocycles. The molecule has 1 rings (SSSR count). The Bertz CT molecular complexity index is 562. The van der Waals surface area contributed by atoms with Gasteiger partial charge in [0.05, 0.1) is 11.5 Å². The van der Waals surface area contributed by atoms with Gasteiger partial charge >= 0.3 is 0 Å². The molecule has 0 aliphatic heterocycles. The number of rotatable bonds is 10. The first-order chi connectivity index (χ1) is 9.95. The number of nitrogens with two attached hydrogens (primary N) is 1. The number of amides is 1. The predicted octanol–water partition coefficient (Wildman–Crippen LogP) is -0.316. The highest BCUT2D eigenvalue weighted by molar-refractivity contribution is 7.89. The monoisotopic (exact) mass is 316 g/mol. The Morgan fingerprint density at radius 3 is 2.86 bits per heavy atom. The summed E-state index contributed by atoms with van der Waals surface area (Å²) in [5.41, 5.74) is 4.89. The van der Waals surface area contributed by atoms with Gasteiger partial charge in [-0.1, -0.05) is 6.92 Å². The lowest BCUT2D eigenvalue weighted by Gasteiger charge is -2.09. The highest BCUT2D eigenvalue weighted by Gasteiger charge is 2.14. The molecule has 1 amide bonds. The van der Waals surface area contributed by atoms with E-state index in [1.165, 1.54) is 18.3 Å². The van der Waals surface area contributed by atoms with E-state index in [0.717, 1.165) is 6.42 Å². The van der Waals surface area contributed by atoms with E-state index in [4.69, 9.17) is 10.5 Å². The molecule has 0 saturated carbocycles. The Labute approximate surface area is 124 Å². The molecule has 0 spiro atoms. The minimum Gasteiger partial charge on any atom is -0.370 e. The van der Waals surface area contributed by atoms with E-state index in [1.54, 1.807) is 0 Å². The third-order valence-corrected chi connectivity index (χ3v) is 3.84. The lowest BCUT2D eigenvalue weighted by Crippen LogP contribution is -2.29. The van der Waals surface area contributed by atoms with E-state index in [-0.39, 0.29) is 24.7 Å². The summed E-state index contributed by atoms with van der Waals surface area (Å²) in [5.74, 6) is -0.0941. The second kappa shape index (κ2) is 8.55. The highest BCUT2D eigenvalue weighted by Crippen LogP contribution is 2.12. The third-order valence-electron chi connectivity index (χ3n) is 2.38. The molecule has 0 aromatic carbocycles. The van der Waals surface area contributed by atoms with E-state index < -0.39 is 15.9 Å². The zero-order chi connectivity index (χ0) is 15.7. The van der Waals surface area contributed by atoms with E-state index in [9.17, 15) is 13.2 Å². The molecule has 0 saturated heterocycles. The number of hydrogen-bond acceptors (Lipinski definition) is 6. The number of carbonyl (C=O) groups is 1. The van der Waals surface area contributed by atoms with Gasteiger partial charge in [0.1, 0.15) is 12.4 Å². The second-order valence-corrected chi connectivity index (χ2v) is 5.99. The molecule has 4 N–H and O–H groups in total. The van der Waals surface area contributed by atoms with Crippen LogP contribution in [0.25, 0.3) is 0 Å². The van der Waals surface area contributed by atoms with E-state index >= 15 is 0 Å². The number of carbonyl (C=O) groups excluding carboxylic acids is 1. The van der Waals surface area contributed by atoms with Crippen LogP contribution in [0, 0.1) is 0 Å². The van der Waals surface area contributed by atoms with Crippen LogP contribution in [0.4, 0.5) is 5.82 Å². The zero-order valence-electron chi connectivity index (χ0n) is 11.8. The topological polar surface area (TPSA) is 123 Å². The Morgan fingerprint density at radius 2 is 2.19 bits per heavy atom. The molecule has 118 valence electrons. The largest absolute Gasteiger partial charge is 0.370 e. The van der Waals surface area contributed by atoms with E-state index in [2.05, 4.69) is 15.0 Å². The van der Waals surface area contributed by atoms with Crippen LogP contribution in [0.15, 0.2) is 23.2 Å². The van der Waals surface area contributed by atoms with Gasteiger partial charge in [-0.2, -0.15) is 0 Å². The Morgan fingerprint density at radius 1 is 1.43 bits per heavy atom. The molecule has 0 unspecified atom stereocenters. The maximum Gasteiger partial charge on any atom is 0.243 e. The normalized spacial score (nSPS) is 11.3. The predicted molar refractivity (Wildman–Crippen MR) is 78.2 cm³/mol. The van der Waals surface area contributed by atoms with Gasteiger partial charge in [0.15, 0.2) is 0 Å². The van der Waals surface area contributed by atoms with E-state index in [0.29, 0.717) is 12.4 Å². The molecule has 1 heterocycles. The van der Waals surface area contributed by atoms with E-state index in [1.807, 2.05) is 6.92 Å². The quantitative estimate of drug-likeness (QED) is 0.508. The Kier molecular flexibility index (Phi) is 7.06. The minimum atomic E-state index is -3.63. The maximum atomic E-state index is 12.0. The lowest BCUT2D eigenvalue weighted by atomic mass is 10.4. The van der Waals surface area contributed by atoms with Crippen LogP contribution >= 0.6 is 0 Å². The van der Waals surface area contributed by atoms with Crippen LogP contribution in [-0.2, 0) is 19.6 Å². The van der Waals surface area contributed by atoms with Crippen LogP contribution in [-0.4, -0.2) is 45.6 Å². The first-order valence-corrected chi connectivity index (χ1v) is 7.99. The van der Waals surface area contributed by atoms with Crippen molar-refractivity contribution in [2.24, 2.45) is 5.73 Å². The Balaban J connectivity index is 2.55. The average Bonchev–Trinajstić information content (AvgIpc) is 2.44. The summed E-state index contributed by atoms with van der Waals surface area (Å²) in [6.45, 7) is 2.60. The third kappa shape index (κ3) is 6.52. The summed E-state index contributed by atoms with van der Waals surface area (Å²) in [5, 5.41) is 3.02. The van der Waals surface area contributed by atoms with Gasteiger partial charge in [-0.15, -0.1) is 0 Å². The number of hydrogen-bond donors (Lipinski definition) is 3. The van der Waals surface area contributed by atoms with Crippen molar-refractivity contribution in [3.63, 3.8) is 0 Å². The van der Waals surface area contributed by atoms with Crippen LogP contribution in [0.1, 0.15) is 13.3 Å². The maximum absolute atomic E-state index is 12.0. The number of anilines is 1. The molecule has 0 aliphatic rings. The van der Waals surface area contributed by atoms with Crippen LogP contribution < -0.4 is 15.8 Å². The molecule has 8 nitrogen and oxygen atoms in total. The van der Waals surface area contributed by atoms with Crippen molar-refractivity contribution >= 4 is 21.7 Å². The van der Waals surface area contributed by atoms with Crippen molar-refractivity contribution in [2.75, 3.05) is 31.6 Å². The van der Waals surface area contributed by atoms with Gasteiger partial charge in [0.2, 0.25) is 15.9 Å². The number of sulfonamides is 1. The van der Waals surface area contributed by atoms with Crippen molar-refractivity contribution in [3.05, 3.63) is 18.3 Å². The minimum absolute atomic E-state index is 0.0512. The van der Waals surface area contributed by atoms with Crippen molar-refractivity contribution in [1.29, 1.82) is 0 Å². The summed E-state index contributed by atoms with van der Waals surface area (Å²) in [6.07, 6.45) is 2.34. The molecule has 1 aromatic rings. The van der Waals surface area contributed by atoms with Crippen LogP contribution in [0.5, 0.6) is 0 Å². The first kappa shape index (κ1) is 17.3. The summed E-state index contributed by atoms with van der Waals surface area (Å²) in [6, 6.07) is 2.87. The van der Waals surface area contributed by atoms with Crippen LogP contribution in [0.3, 0.4) is 0 Å². The molecule has 1 aromatic heterocycles. The van der Waals surface area contributed by atoms with Gasteiger partial charge in [-0.05, 0) is 12.5 Å². The molecule has 0 bridgehead atoms. The molecule has 0 fully saturated rings. The fourth-order valence-corrected chi connectivity index (χ4v) is 2.46. The summed E-state index contributed by atoms with van der Waals surface area (Å²) in [4.78, 5) is 14.6. The second-order valence-electron chi connectivity index (χ2n) is 4.22. The number of primary amides is 1.